The average Bonchev–Trinajstić information content (AvgIpc) is 2.54. The Morgan fingerprint density at radius 2 is 1.71 bits per heavy atom. The van der Waals surface area contributed by atoms with Crippen LogP contribution in [0.4, 0.5) is 0 Å². The van der Waals surface area contributed by atoms with E-state index in [0.717, 1.165) is 30.0 Å². The van der Waals surface area contributed by atoms with Crippen LogP contribution in [0, 0.1) is 0 Å². The van der Waals surface area contributed by atoms with Gasteiger partial charge in [0.2, 0.25) is 5.91 Å². The first kappa shape index (κ1) is 18.1. The van der Waals surface area contributed by atoms with E-state index in [2.05, 4.69) is 10.9 Å². The van der Waals surface area contributed by atoms with Crippen molar-refractivity contribution < 1.29 is 19.1 Å². The van der Waals surface area contributed by atoms with Crippen LogP contribution >= 0.6 is 0 Å². The van der Waals surface area contributed by atoms with Crippen LogP contribution in [0.5, 0.6) is 11.5 Å². The monoisotopic (exact) mass is 335 g/mol. The number of hydrogen-bond acceptors (Lipinski definition) is 5. The average molecular weight is 335 g/mol. The lowest BCUT2D eigenvalue weighted by atomic mass is 9.99. The van der Waals surface area contributed by atoms with Gasteiger partial charge in [-0.3, -0.25) is 25.3 Å². The predicted molar refractivity (Wildman–Crippen MR) is 89.7 cm³/mol. The summed E-state index contributed by atoms with van der Waals surface area (Å²) in [6.07, 6.45) is 0.842. The Kier molecular flexibility index (Phi) is 6.43. The first-order valence-corrected chi connectivity index (χ1v) is 8.22. The number of ether oxygens (including phenoxy) is 2. The van der Waals surface area contributed by atoms with Gasteiger partial charge in [0.05, 0.1) is 19.8 Å². The summed E-state index contributed by atoms with van der Waals surface area (Å²) in [5.74, 6) is 0.986. The molecule has 2 amide bonds. The number of hydrogen-bond donors (Lipinski definition) is 2. The summed E-state index contributed by atoms with van der Waals surface area (Å²) < 4.78 is 11.3. The fourth-order valence-electron chi connectivity index (χ4n) is 2.69. The highest BCUT2D eigenvalue weighted by Crippen LogP contribution is 2.33. The molecule has 0 radical (unpaired) electrons. The molecule has 132 valence electrons. The maximum absolute atomic E-state index is 11.8. The number of nitrogens with zero attached hydrogens (tertiary/aromatic N) is 1. The fraction of sp³-hybridized carbons (Fsp3) is 0.529. The predicted octanol–water partition coefficient (Wildman–Crippen LogP) is 1.01. The molecule has 1 aromatic rings. The molecule has 0 atom stereocenters. The second-order valence-electron chi connectivity index (χ2n) is 5.62. The van der Waals surface area contributed by atoms with Crippen LogP contribution in [-0.4, -0.2) is 43.0 Å². The zero-order chi connectivity index (χ0) is 17.5. The van der Waals surface area contributed by atoms with Gasteiger partial charge < -0.3 is 9.47 Å². The lowest BCUT2D eigenvalue weighted by molar-refractivity contribution is -0.128. The molecule has 0 saturated heterocycles. The minimum absolute atomic E-state index is 0.232. The van der Waals surface area contributed by atoms with Gasteiger partial charge >= 0.3 is 0 Å². The van der Waals surface area contributed by atoms with Gasteiger partial charge in [-0.1, -0.05) is 0 Å². The summed E-state index contributed by atoms with van der Waals surface area (Å²) in [4.78, 5) is 24.7. The normalized spacial score (nSPS) is 13.8. The summed E-state index contributed by atoms with van der Waals surface area (Å²) in [5, 5.41) is 0. The van der Waals surface area contributed by atoms with E-state index in [1.165, 1.54) is 12.5 Å². The molecular weight excluding hydrogens is 310 g/mol. The SMILES string of the molecule is CCOc1cc2c(cc1OCC)CN(CC(=O)NNC(C)=O)CC2. The Balaban J connectivity index is 2.05. The number of carbonyl (C=O) groups excluding carboxylic acids is 2. The number of fused-ring (bicyclic) bond motifs is 1. The molecule has 1 aliphatic rings. The van der Waals surface area contributed by atoms with Crippen LogP contribution in [0.25, 0.3) is 0 Å². The molecule has 1 aliphatic heterocycles. The Labute approximate surface area is 142 Å². The van der Waals surface area contributed by atoms with Crippen LogP contribution in [0.1, 0.15) is 31.9 Å². The van der Waals surface area contributed by atoms with Crippen molar-refractivity contribution in [2.75, 3.05) is 26.3 Å². The zero-order valence-corrected chi connectivity index (χ0v) is 14.5. The molecule has 7 nitrogen and oxygen atoms in total. The number of carbonyl (C=O) groups is 2. The highest BCUT2D eigenvalue weighted by molar-refractivity contribution is 5.82. The highest BCUT2D eigenvalue weighted by Gasteiger charge is 2.21. The topological polar surface area (TPSA) is 79.9 Å². The third-order valence-corrected chi connectivity index (χ3v) is 3.70. The third kappa shape index (κ3) is 4.86. The molecule has 0 spiro atoms. The molecule has 2 N–H and O–H groups in total. The minimum Gasteiger partial charge on any atom is -0.490 e. The van der Waals surface area contributed by atoms with Gasteiger partial charge in [-0.15, -0.1) is 0 Å². The van der Waals surface area contributed by atoms with Crippen LogP contribution in [0.15, 0.2) is 12.1 Å². The largest absolute Gasteiger partial charge is 0.490 e. The maximum atomic E-state index is 11.8. The van der Waals surface area contributed by atoms with E-state index < -0.39 is 0 Å². The van der Waals surface area contributed by atoms with Crippen LogP contribution in [-0.2, 0) is 22.6 Å². The van der Waals surface area contributed by atoms with E-state index in [9.17, 15) is 9.59 Å². The van der Waals surface area contributed by atoms with Crippen molar-refractivity contribution in [3.8, 4) is 11.5 Å². The van der Waals surface area contributed by atoms with E-state index in [1.54, 1.807) is 0 Å². The summed E-state index contributed by atoms with van der Waals surface area (Å²) in [5.41, 5.74) is 7.05. The van der Waals surface area contributed by atoms with Gasteiger partial charge in [-0.25, -0.2) is 0 Å². The minimum atomic E-state index is -0.294. The Bertz CT molecular complexity index is 604. The second-order valence-corrected chi connectivity index (χ2v) is 5.62. The Morgan fingerprint density at radius 3 is 2.29 bits per heavy atom. The van der Waals surface area contributed by atoms with Gasteiger partial charge in [-0.2, -0.15) is 0 Å². The Hall–Kier alpha value is -2.28. The maximum Gasteiger partial charge on any atom is 0.252 e. The number of rotatable bonds is 6. The third-order valence-electron chi connectivity index (χ3n) is 3.70. The van der Waals surface area contributed by atoms with Crippen molar-refractivity contribution >= 4 is 11.8 Å². The molecule has 7 heteroatoms. The molecule has 24 heavy (non-hydrogen) atoms. The quantitative estimate of drug-likeness (QED) is 0.759. The van der Waals surface area contributed by atoms with Crippen molar-refractivity contribution in [3.63, 3.8) is 0 Å². The first-order valence-electron chi connectivity index (χ1n) is 8.22. The second kappa shape index (κ2) is 8.54. The van der Waals surface area contributed by atoms with Crippen LogP contribution in [0.3, 0.4) is 0 Å². The van der Waals surface area contributed by atoms with Crippen molar-refractivity contribution in [2.24, 2.45) is 0 Å². The molecular formula is C17H25N3O4. The molecule has 0 aliphatic carbocycles. The van der Waals surface area contributed by atoms with Gasteiger partial charge in [0.25, 0.3) is 5.91 Å². The molecule has 1 heterocycles. The number of benzene rings is 1. The van der Waals surface area contributed by atoms with Crippen molar-refractivity contribution in [1.29, 1.82) is 0 Å². The van der Waals surface area contributed by atoms with E-state index >= 15 is 0 Å². The van der Waals surface area contributed by atoms with Gasteiger partial charge in [0.1, 0.15) is 0 Å². The van der Waals surface area contributed by atoms with E-state index in [4.69, 9.17) is 9.47 Å². The first-order chi connectivity index (χ1) is 11.5. The zero-order valence-electron chi connectivity index (χ0n) is 14.5. The molecule has 0 bridgehead atoms. The van der Waals surface area contributed by atoms with Crippen LogP contribution < -0.4 is 20.3 Å². The fourth-order valence-corrected chi connectivity index (χ4v) is 2.69. The summed E-state index contributed by atoms with van der Waals surface area (Å²) in [7, 11) is 0. The highest BCUT2D eigenvalue weighted by atomic mass is 16.5. The van der Waals surface area contributed by atoms with Gasteiger partial charge in [-0.05, 0) is 43.5 Å². The molecule has 1 aromatic carbocycles. The molecule has 2 rings (SSSR count). The summed E-state index contributed by atoms with van der Waals surface area (Å²) in [6, 6.07) is 4.04. The molecule has 0 unspecified atom stereocenters. The summed E-state index contributed by atoms with van der Waals surface area (Å²) >= 11 is 0. The van der Waals surface area contributed by atoms with E-state index in [-0.39, 0.29) is 18.4 Å². The Morgan fingerprint density at radius 1 is 1.08 bits per heavy atom. The summed E-state index contributed by atoms with van der Waals surface area (Å²) in [6.45, 7) is 8.07. The molecule has 0 fully saturated rings. The molecule has 0 aromatic heterocycles. The van der Waals surface area contributed by atoms with Crippen molar-refractivity contribution in [1.82, 2.24) is 15.8 Å². The smallest absolute Gasteiger partial charge is 0.252 e. The van der Waals surface area contributed by atoms with Crippen LogP contribution in [0.2, 0.25) is 0 Å². The number of amides is 2. The number of hydrazine groups is 1. The van der Waals surface area contributed by atoms with Crippen molar-refractivity contribution in [2.45, 2.75) is 33.7 Å². The van der Waals surface area contributed by atoms with Gasteiger partial charge in [0.15, 0.2) is 11.5 Å². The standard InChI is InChI=1S/C17H25N3O4/c1-4-23-15-8-13-6-7-20(11-17(22)19-18-12(3)21)10-14(13)9-16(15)24-5-2/h8-9H,4-7,10-11H2,1-3H3,(H,18,21)(H,19,22). The van der Waals surface area contributed by atoms with E-state index in [1.807, 2.05) is 30.9 Å². The number of nitrogens with one attached hydrogen (secondary N) is 2. The van der Waals surface area contributed by atoms with Crippen molar-refractivity contribution in [3.05, 3.63) is 23.3 Å². The lowest BCUT2D eigenvalue weighted by Crippen LogP contribution is -2.46. The van der Waals surface area contributed by atoms with E-state index in [0.29, 0.717) is 19.8 Å². The lowest BCUT2D eigenvalue weighted by Gasteiger charge is -2.29. The van der Waals surface area contributed by atoms with Gasteiger partial charge in [0, 0.05) is 20.0 Å². The molecule has 0 saturated carbocycles.